The first-order valence-electron chi connectivity index (χ1n) is 9.80. The highest BCUT2D eigenvalue weighted by Crippen LogP contribution is 2.18. The molecule has 0 atom stereocenters. The van der Waals surface area contributed by atoms with Gasteiger partial charge in [-0.3, -0.25) is 14.4 Å². The molecule has 3 rings (SSSR count). The van der Waals surface area contributed by atoms with E-state index in [4.69, 9.17) is 0 Å². The standard InChI is InChI=1S/C24H25N3O3/c1-16(2)18-5-9-21(10-6-18)26-24(30)19-7-11-20(12-8-19)25-22(28)15-27-14-17(3)4-13-23(27)29/h4-14,16H,15H2,1-3H3,(H,25,28)(H,26,30). The van der Waals surface area contributed by atoms with Crippen molar-refractivity contribution in [3.63, 3.8) is 0 Å². The van der Waals surface area contributed by atoms with Gasteiger partial charge in [-0.05, 0) is 60.4 Å². The van der Waals surface area contributed by atoms with Crippen molar-refractivity contribution < 1.29 is 9.59 Å². The highest BCUT2D eigenvalue weighted by Gasteiger charge is 2.09. The summed E-state index contributed by atoms with van der Waals surface area (Å²) in [5.41, 5.74) is 3.64. The van der Waals surface area contributed by atoms with Gasteiger partial charge in [0.15, 0.2) is 0 Å². The summed E-state index contributed by atoms with van der Waals surface area (Å²) in [4.78, 5) is 36.5. The summed E-state index contributed by atoms with van der Waals surface area (Å²) >= 11 is 0. The van der Waals surface area contributed by atoms with E-state index < -0.39 is 0 Å². The monoisotopic (exact) mass is 403 g/mol. The number of anilines is 2. The zero-order chi connectivity index (χ0) is 21.7. The molecule has 0 saturated heterocycles. The number of pyridine rings is 1. The summed E-state index contributed by atoms with van der Waals surface area (Å²) < 4.78 is 1.36. The number of aromatic nitrogens is 1. The second-order valence-electron chi connectivity index (χ2n) is 7.53. The molecule has 0 radical (unpaired) electrons. The molecule has 1 aromatic heterocycles. The van der Waals surface area contributed by atoms with E-state index in [0.717, 1.165) is 11.3 Å². The maximum atomic E-state index is 12.4. The van der Waals surface area contributed by atoms with Gasteiger partial charge in [0.2, 0.25) is 5.91 Å². The Morgan fingerprint density at radius 2 is 1.47 bits per heavy atom. The molecule has 0 aliphatic rings. The third-order valence-corrected chi connectivity index (χ3v) is 4.71. The van der Waals surface area contributed by atoms with Crippen molar-refractivity contribution in [2.24, 2.45) is 0 Å². The summed E-state index contributed by atoms with van der Waals surface area (Å²) in [6.45, 7) is 6.02. The number of hydrogen-bond donors (Lipinski definition) is 2. The van der Waals surface area contributed by atoms with E-state index in [1.54, 1.807) is 36.5 Å². The fourth-order valence-electron chi connectivity index (χ4n) is 2.99. The normalized spacial score (nSPS) is 10.7. The lowest BCUT2D eigenvalue weighted by Gasteiger charge is -2.10. The van der Waals surface area contributed by atoms with Crippen LogP contribution in [0.25, 0.3) is 0 Å². The summed E-state index contributed by atoms with van der Waals surface area (Å²) in [6.07, 6.45) is 1.64. The van der Waals surface area contributed by atoms with Gasteiger partial charge < -0.3 is 15.2 Å². The zero-order valence-electron chi connectivity index (χ0n) is 17.3. The molecular weight excluding hydrogens is 378 g/mol. The van der Waals surface area contributed by atoms with Gasteiger partial charge in [0.1, 0.15) is 6.54 Å². The number of amides is 2. The van der Waals surface area contributed by atoms with Crippen molar-refractivity contribution in [2.75, 3.05) is 10.6 Å². The van der Waals surface area contributed by atoms with Gasteiger partial charge in [-0.1, -0.05) is 32.0 Å². The van der Waals surface area contributed by atoms with Crippen molar-refractivity contribution in [3.8, 4) is 0 Å². The third kappa shape index (κ3) is 5.44. The maximum Gasteiger partial charge on any atom is 0.255 e. The first-order chi connectivity index (χ1) is 14.3. The quantitative estimate of drug-likeness (QED) is 0.648. The highest BCUT2D eigenvalue weighted by molar-refractivity contribution is 6.04. The molecule has 154 valence electrons. The highest BCUT2D eigenvalue weighted by atomic mass is 16.2. The molecule has 2 amide bonds. The number of nitrogens with zero attached hydrogens (tertiary/aromatic N) is 1. The van der Waals surface area contributed by atoms with E-state index in [0.29, 0.717) is 17.2 Å². The van der Waals surface area contributed by atoms with Crippen molar-refractivity contribution in [1.82, 2.24) is 4.57 Å². The van der Waals surface area contributed by atoms with E-state index in [1.165, 1.54) is 16.2 Å². The molecule has 6 nitrogen and oxygen atoms in total. The Morgan fingerprint density at radius 1 is 0.867 bits per heavy atom. The van der Waals surface area contributed by atoms with Gasteiger partial charge in [-0.2, -0.15) is 0 Å². The van der Waals surface area contributed by atoms with Crippen molar-refractivity contribution in [2.45, 2.75) is 33.2 Å². The first-order valence-corrected chi connectivity index (χ1v) is 9.80. The number of nitrogens with one attached hydrogen (secondary N) is 2. The van der Waals surface area contributed by atoms with Crippen molar-refractivity contribution in [3.05, 3.63) is 93.9 Å². The molecule has 0 bridgehead atoms. The van der Waals surface area contributed by atoms with Crippen LogP contribution < -0.4 is 16.2 Å². The fraction of sp³-hybridized carbons (Fsp3) is 0.208. The molecule has 30 heavy (non-hydrogen) atoms. The van der Waals surface area contributed by atoms with Crippen LogP contribution in [0.1, 0.15) is 41.3 Å². The molecule has 3 aromatic rings. The lowest BCUT2D eigenvalue weighted by molar-refractivity contribution is -0.116. The Bertz CT molecular complexity index is 1100. The molecule has 0 saturated carbocycles. The van der Waals surface area contributed by atoms with Crippen LogP contribution in [0, 0.1) is 6.92 Å². The molecule has 0 aliphatic carbocycles. The topological polar surface area (TPSA) is 80.2 Å². The Kier molecular flexibility index (Phi) is 6.47. The number of benzene rings is 2. The summed E-state index contributed by atoms with van der Waals surface area (Å²) in [5, 5.41) is 5.60. The molecule has 0 aliphatic heterocycles. The maximum absolute atomic E-state index is 12.4. The van der Waals surface area contributed by atoms with Crippen LogP contribution in [0.15, 0.2) is 71.7 Å². The second kappa shape index (κ2) is 9.22. The first kappa shape index (κ1) is 21.0. The van der Waals surface area contributed by atoms with Gasteiger partial charge >= 0.3 is 0 Å². The molecule has 1 heterocycles. The van der Waals surface area contributed by atoms with E-state index in [-0.39, 0.29) is 23.9 Å². The summed E-state index contributed by atoms with van der Waals surface area (Å²) in [6, 6.07) is 17.5. The predicted molar refractivity (Wildman–Crippen MR) is 119 cm³/mol. The number of hydrogen-bond acceptors (Lipinski definition) is 3. The number of carbonyl (C=O) groups is 2. The van der Waals surface area contributed by atoms with Crippen LogP contribution in [0.2, 0.25) is 0 Å². The molecule has 0 fully saturated rings. The average molecular weight is 403 g/mol. The van der Waals surface area contributed by atoms with Crippen LogP contribution >= 0.6 is 0 Å². The fourth-order valence-corrected chi connectivity index (χ4v) is 2.99. The van der Waals surface area contributed by atoms with Crippen LogP contribution in [0.3, 0.4) is 0 Å². The summed E-state index contributed by atoms with van der Waals surface area (Å²) in [5.74, 6) is -0.108. The van der Waals surface area contributed by atoms with Gasteiger partial charge in [0, 0.05) is 29.2 Å². The van der Waals surface area contributed by atoms with Gasteiger partial charge in [0.25, 0.3) is 11.5 Å². The van der Waals surface area contributed by atoms with Crippen LogP contribution in [-0.4, -0.2) is 16.4 Å². The zero-order valence-corrected chi connectivity index (χ0v) is 17.3. The van der Waals surface area contributed by atoms with E-state index in [2.05, 4.69) is 24.5 Å². The van der Waals surface area contributed by atoms with Gasteiger partial charge in [0.05, 0.1) is 0 Å². The number of rotatable bonds is 6. The largest absolute Gasteiger partial charge is 0.325 e. The lowest BCUT2D eigenvalue weighted by atomic mass is 10.0. The van der Waals surface area contributed by atoms with Gasteiger partial charge in [-0.25, -0.2) is 0 Å². The minimum Gasteiger partial charge on any atom is -0.325 e. The minimum absolute atomic E-state index is 0.0743. The van der Waals surface area contributed by atoms with Crippen molar-refractivity contribution >= 4 is 23.2 Å². The average Bonchev–Trinajstić information content (AvgIpc) is 2.71. The Balaban J connectivity index is 1.60. The molecule has 0 unspecified atom stereocenters. The SMILES string of the molecule is Cc1ccc(=O)n(CC(=O)Nc2ccc(C(=O)Nc3ccc(C(C)C)cc3)cc2)c1. The molecule has 6 heteroatoms. The lowest BCUT2D eigenvalue weighted by Crippen LogP contribution is -2.26. The predicted octanol–water partition coefficient (Wildman–Crippen LogP) is 4.17. The molecule has 0 spiro atoms. The smallest absolute Gasteiger partial charge is 0.255 e. The Morgan fingerprint density at radius 3 is 2.10 bits per heavy atom. The molecule has 2 N–H and O–H groups in total. The minimum atomic E-state index is -0.315. The number of carbonyl (C=O) groups excluding carboxylic acids is 2. The van der Waals surface area contributed by atoms with E-state index >= 15 is 0 Å². The molecular formula is C24H25N3O3. The number of aryl methyl sites for hydroxylation is 1. The third-order valence-electron chi connectivity index (χ3n) is 4.71. The Hall–Kier alpha value is -3.67. The molecule has 2 aromatic carbocycles. The van der Waals surface area contributed by atoms with Crippen molar-refractivity contribution in [1.29, 1.82) is 0 Å². The van der Waals surface area contributed by atoms with Crippen LogP contribution in [0.4, 0.5) is 11.4 Å². The van der Waals surface area contributed by atoms with E-state index in [9.17, 15) is 14.4 Å². The van der Waals surface area contributed by atoms with Crippen LogP contribution in [-0.2, 0) is 11.3 Å². The summed E-state index contributed by atoms with van der Waals surface area (Å²) in [7, 11) is 0. The van der Waals surface area contributed by atoms with Crippen LogP contribution in [0.5, 0.6) is 0 Å². The van der Waals surface area contributed by atoms with Gasteiger partial charge in [-0.15, -0.1) is 0 Å². The second-order valence-corrected chi connectivity index (χ2v) is 7.53. The van der Waals surface area contributed by atoms with E-state index in [1.807, 2.05) is 31.2 Å². The Labute approximate surface area is 175 Å².